The molecular formula is C31H22F3N3O2. The molecule has 0 saturated carbocycles. The first-order chi connectivity index (χ1) is 18.7. The van der Waals surface area contributed by atoms with Crippen LogP contribution in [0.15, 0.2) is 103 Å². The number of benzene rings is 4. The van der Waals surface area contributed by atoms with Gasteiger partial charge in [-0.15, -0.1) is 0 Å². The molecule has 0 aliphatic heterocycles. The van der Waals surface area contributed by atoms with E-state index in [4.69, 9.17) is 0 Å². The summed E-state index contributed by atoms with van der Waals surface area (Å²) >= 11 is 0. The number of carbonyl (C=O) groups excluding carboxylic acids is 2. The molecule has 5 nitrogen and oxygen atoms in total. The Hall–Kier alpha value is -4.98. The predicted octanol–water partition coefficient (Wildman–Crippen LogP) is 8.10. The summed E-state index contributed by atoms with van der Waals surface area (Å²) in [6.45, 7) is 1.87. The number of carbonyl (C=O) groups is 2. The van der Waals surface area contributed by atoms with Crippen molar-refractivity contribution in [3.63, 3.8) is 0 Å². The van der Waals surface area contributed by atoms with Crippen LogP contribution in [0.5, 0.6) is 0 Å². The highest BCUT2D eigenvalue weighted by Crippen LogP contribution is 2.39. The van der Waals surface area contributed by atoms with E-state index in [1.165, 1.54) is 18.3 Å². The number of anilines is 2. The van der Waals surface area contributed by atoms with Gasteiger partial charge in [0.05, 0.1) is 11.1 Å². The van der Waals surface area contributed by atoms with Crippen LogP contribution < -0.4 is 10.6 Å². The lowest BCUT2D eigenvalue weighted by atomic mass is 9.91. The predicted molar refractivity (Wildman–Crippen MR) is 146 cm³/mol. The summed E-state index contributed by atoms with van der Waals surface area (Å²) in [7, 11) is 0. The Morgan fingerprint density at radius 1 is 0.795 bits per heavy atom. The first kappa shape index (κ1) is 25.7. The Kier molecular flexibility index (Phi) is 6.85. The number of fused-ring (bicyclic) bond motifs is 1. The highest BCUT2D eigenvalue weighted by Gasteiger charge is 2.34. The molecule has 0 atom stereocenters. The molecule has 2 N–H and O–H groups in total. The zero-order chi connectivity index (χ0) is 27.6. The zero-order valence-electron chi connectivity index (χ0n) is 20.7. The lowest BCUT2D eigenvalue weighted by Gasteiger charge is -2.16. The van der Waals surface area contributed by atoms with Crippen molar-refractivity contribution in [3.05, 3.63) is 126 Å². The van der Waals surface area contributed by atoms with Gasteiger partial charge in [0.2, 0.25) is 0 Å². The van der Waals surface area contributed by atoms with Gasteiger partial charge < -0.3 is 10.6 Å². The normalized spacial score (nSPS) is 11.3. The van der Waals surface area contributed by atoms with Gasteiger partial charge in [-0.05, 0) is 42.3 Å². The van der Waals surface area contributed by atoms with E-state index in [0.29, 0.717) is 28.1 Å². The largest absolute Gasteiger partial charge is 0.418 e. The van der Waals surface area contributed by atoms with E-state index in [9.17, 15) is 22.8 Å². The maximum atomic E-state index is 13.8. The summed E-state index contributed by atoms with van der Waals surface area (Å²) in [5, 5.41) is 5.72. The van der Waals surface area contributed by atoms with Crippen molar-refractivity contribution in [2.45, 2.75) is 13.1 Å². The fourth-order valence-electron chi connectivity index (χ4n) is 4.43. The SMILES string of the molecule is Cc1ccccc1NC(=O)Nc1cccc(-c2c(C(=O)c3ccccc3)cnc3c(C(F)(F)F)cccc23)c1. The molecule has 39 heavy (non-hydrogen) atoms. The van der Waals surface area contributed by atoms with Gasteiger partial charge in [0, 0.05) is 39.6 Å². The first-order valence-corrected chi connectivity index (χ1v) is 12.0. The minimum Gasteiger partial charge on any atom is -0.308 e. The lowest BCUT2D eigenvalue weighted by molar-refractivity contribution is -0.136. The second-order valence-electron chi connectivity index (χ2n) is 8.92. The average molecular weight is 526 g/mol. The molecule has 5 aromatic rings. The molecule has 1 aromatic heterocycles. The van der Waals surface area contributed by atoms with Gasteiger partial charge in [-0.25, -0.2) is 4.79 Å². The maximum absolute atomic E-state index is 13.8. The lowest BCUT2D eigenvalue weighted by Crippen LogP contribution is -2.19. The molecule has 194 valence electrons. The highest BCUT2D eigenvalue weighted by atomic mass is 19.4. The number of aromatic nitrogens is 1. The summed E-state index contributed by atoms with van der Waals surface area (Å²) in [5.41, 5.74) is 2.03. The molecule has 1 heterocycles. The second-order valence-corrected chi connectivity index (χ2v) is 8.92. The van der Waals surface area contributed by atoms with Crippen molar-refractivity contribution in [1.29, 1.82) is 0 Å². The number of nitrogens with zero attached hydrogens (tertiary/aromatic N) is 1. The van der Waals surface area contributed by atoms with Crippen molar-refractivity contribution in [3.8, 4) is 11.1 Å². The number of aryl methyl sites for hydroxylation is 1. The van der Waals surface area contributed by atoms with Crippen LogP contribution in [0, 0.1) is 6.92 Å². The molecule has 0 aliphatic rings. The molecule has 0 unspecified atom stereocenters. The van der Waals surface area contributed by atoms with Gasteiger partial charge in [-0.3, -0.25) is 9.78 Å². The van der Waals surface area contributed by atoms with E-state index in [2.05, 4.69) is 15.6 Å². The Bertz CT molecular complexity index is 1700. The molecule has 0 fully saturated rings. The van der Waals surface area contributed by atoms with Gasteiger partial charge in [-0.1, -0.05) is 72.8 Å². The standard InChI is InChI=1S/C31H22F3N3O2/c1-19-9-5-6-16-26(19)37-30(39)36-22-13-7-12-21(17-22)27-23-14-8-15-25(31(32,33)34)28(23)35-18-24(27)29(38)20-10-3-2-4-11-20/h2-18H,1H3,(H2,36,37,39). The fourth-order valence-corrected chi connectivity index (χ4v) is 4.43. The Morgan fingerprint density at radius 3 is 2.26 bits per heavy atom. The van der Waals surface area contributed by atoms with E-state index in [-0.39, 0.29) is 22.2 Å². The Balaban J connectivity index is 1.62. The van der Waals surface area contributed by atoms with Crippen LogP contribution in [-0.2, 0) is 6.18 Å². The van der Waals surface area contributed by atoms with Crippen LogP contribution in [-0.4, -0.2) is 16.8 Å². The number of rotatable bonds is 5. The number of pyridine rings is 1. The Morgan fingerprint density at radius 2 is 1.51 bits per heavy atom. The fraction of sp³-hybridized carbons (Fsp3) is 0.0645. The first-order valence-electron chi connectivity index (χ1n) is 12.0. The van der Waals surface area contributed by atoms with Crippen LogP contribution in [0.3, 0.4) is 0 Å². The number of ketones is 1. The summed E-state index contributed by atoms with van der Waals surface area (Å²) in [5.74, 6) is -0.381. The monoisotopic (exact) mass is 525 g/mol. The molecule has 5 rings (SSSR count). The van der Waals surface area contributed by atoms with E-state index in [0.717, 1.165) is 11.6 Å². The maximum Gasteiger partial charge on any atom is 0.418 e. The number of halogens is 3. The van der Waals surface area contributed by atoms with Crippen LogP contribution >= 0.6 is 0 Å². The number of nitrogens with one attached hydrogen (secondary N) is 2. The molecule has 0 radical (unpaired) electrons. The number of para-hydroxylation sites is 2. The summed E-state index contributed by atoms with van der Waals surface area (Å²) in [4.78, 5) is 30.3. The van der Waals surface area contributed by atoms with Crippen molar-refractivity contribution in [2.75, 3.05) is 10.6 Å². The molecule has 0 saturated heterocycles. The van der Waals surface area contributed by atoms with E-state index >= 15 is 0 Å². The quantitative estimate of drug-likeness (QED) is 0.228. The van der Waals surface area contributed by atoms with Gasteiger partial charge in [0.1, 0.15) is 0 Å². The summed E-state index contributed by atoms with van der Waals surface area (Å²) in [6, 6.07) is 25.7. The third-order valence-corrected chi connectivity index (χ3v) is 6.29. The minimum atomic E-state index is -4.63. The van der Waals surface area contributed by atoms with Crippen LogP contribution in [0.4, 0.5) is 29.3 Å². The van der Waals surface area contributed by atoms with Crippen molar-refractivity contribution < 1.29 is 22.8 Å². The molecule has 0 bridgehead atoms. The molecular weight excluding hydrogens is 503 g/mol. The molecule has 0 spiro atoms. The third kappa shape index (κ3) is 5.36. The third-order valence-electron chi connectivity index (χ3n) is 6.29. The van der Waals surface area contributed by atoms with Crippen LogP contribution in [0.1, 0.15) is 27.0 Å². The summed E-state index contributed by atoms with van der Waals surface area (Å²) < 4.78 is 41.5. The van der Waals surface area contributed by atoms with E-state index < -0.39 is 17.8 Å². The van der Waals surface area contributed by atoms with Gasteiger partial charge in [0.25, 0.3) is 0 Å². The summed E-state index contributed by atoms with van der Waals surface area (Å²) in [6.07, 6.45) is -3.45. The van der Waals surface area contributed by atoms with E-state index in [1.807, 2.05) is 19.1 Å². The minimum absolute atomic E-state index is 0.148. The number of alkyl halides is 3. The smallest absolute Gasteiger partial charge is 0.308 e. The number of urea groups is 1. The number of hydrogen-bond donors (Lipinski definition) is 2. The molecule has 2 amide bonds. The number of hydrogen-bond acceptors (Lipinski definition) is 3. The number of amides is 2. The molecule has 0 aliphatic carbocycles. The Labute approximate surface area is 222 Å². The van der Waals surface area contributed by atoms with Crippen LogP contribution in [0.2, 0.25) is 0 Å². The topological polar surface area (TPSA) is 71.1 Å². The average Bonchev–Trinajstić information content (AvgIpc) is 2.93. The van der Waals surface area contributed by atoms with Crippen molar-refractivity contribution >= 4 is 34.1 Å². The van der Waals surface area contributed by atoms with Crippen LogP contribution in [0.25, 0.3) is 22.0 Å². The second kappa shape index (κ2) is 10.4. The van der Waals surface area contributed by atoms with Gasteiger partial charge >= 0.3 is 12.2 Å². The van der Waals surface area contributed by atoms with Gasteiger partial charge in [0.15, 0.2) is 5.78 Å². The van der Waals surface area contributed by atoms with E-state index in [1.54, 1.807) is 66.7 Å². The highest BCUT2D eigenvalue weighted by molar-refractivity contribution is 6.17. The van der Waals surface area contributed by atoms with Gasteiger partial charge in [-0.2, -0.15) is 13.2 Å². The molecule has 4 aromatic carbocycles. The molecule has 8 heteroatoms. The van der Waals surface area contributed by atoms with Crippen molar-refractivity contribution in [2.24, 2.45) is 0 Å². The van der Waals surface area contributed by atoms with Crippen molar-refractivity contribution in [1.82, 2.24) is 4.98 Å². The zero-order valence-corrected chi connectivity index (χ0v) is 20.7.